The molecule has 1 aromatic carbocycles. The van der Waals surface area contributed by atoms with Crippen LogP contribution in [0.3, 0.4) is 0 Å². The lowest BCUT2D eigenvalue weighted by Crippen LogP contribution is -2.42. The minimum absolute atomic E-state index is 0.113. The van der Waals surface area contributed by atoms with E-state index in [-0.39, 0.29) is 5.54 Å². The fourth-order valence-electron chi connectivity index (χ4n) is 3.50. The Morgan fingerprint density at radius 3 is 2.72 bits per heavy atom. The van der Waals surface area contributed by atoms with Crippen LogP contribution in [0.25, 0.3) is 16.9 Å². The molecule has 2 heterocycles. The lowest BCUT2D eigenvalue weighted by atomic mass is 9.97. The van der Waals surface area contributed by atoms with Gasteiger partial charge < -0.3 is 4.40 Å². The van der Waals surface area contributed by atoms with Crippen LogP contribution in [0.4, 0.5) is 0 Å². The summed E-state index contributed by atoms with van der Waals surface area (Å²) in [6.07, 6.45) is 5.59. The van der Waals surface area contributed by atoms with E-state index in [1.54, 1.807) is 6.20 Å². The Morgan fingerprint density at radius 1 is 1.28 bits per heavy atom. The molecule has 0 amide bonds. The number of nitrogens with zero attached hydrogens (tertiary/aromatic N) is 4. The second-order valence-electron chi connectivity index (χ2n) is 7.33. The fourth-order valence-corrected chi connectivity index (χ4v) is 3.74. The van der Waals surface area contributed by atoms with Crippen LogP contribution in [-0.4, -0.2) is 31.4 Å². The van der Waals surface area contributed by atoms with Crippen molar-refractivity contribution in [2.75, 3.05) is 6.54 Å². The van der Waals surface area contributed by atoms with Gasteiger partial charge in [0.15, 0.2) is 10.8 Å². The topological polar surface area (TPSA) is 33.4 Å². The Morgan fingerprint density at radius 2 is 2.04 bits per heavy atom. The molecule has 132 valence electrons. The monoisotopic (exact) mass is 356 g/mol. The number of rotatable bonds is 4. The van der Waals surface area contributed by atoms with Crippen molar-refractivity contribution in [1.82, 2.24) is 19.3 Å². The molecule has 1 atom stereocenters. The highest BCUT2D eigenvalue weighted by atomic mass is 35.5. The molecule has 0 bridgehead atoms. The van der Waals surface area contributed by atoms with Gasteiger partial charge in [0, 0.05) is 35.7 Å². The number of benzene rings is 1. The molecule has 25 heavy (non-hydrogen) atoms. The van der Waals surface area contributed by atoms with E-state index < -0.39 is 0 Å². The highest BCUT2D eigenvalue weighted by Gasteiger charge is 2.25. The third kappa shape index (κ3) is 3.55. The molecule has 0 aliphatic carbocycles. The molecule has 0 spiro atoms. The van der Waals surface area contributed by atoms with Crippen molar-refractivity contribution in [2.45, 2.75) is 46.2 Å². The summed E-state index contributed by atoms with van der Waals surface area (Å²) in [5.41, 5.74) is 3.98. The number of fused-ring (bicyclic) bond motifs is 1. The molecule has 0 saturated carbocycles. The first-order valence-corrected chi connectivity index (χ1v) is 9.05. The van der Waals surface area contributed by atoms with Crippen molar-refractivity contribution in [3.05, 3.63) is 53.6 Å². The molecule has 3 rings (SSSR count). The van der Waals surface area contributed by atoms with E-state index in [1.165, 1.54) is 5.56 Å². The average molecular weight is 357 g/mol. The smallest absolute Gasteiger partial charge is 0.174 e. The maximum atomic E-state index is 6.29. The molecule has 0 aliphatic heterocycles. The van der Waals surface area contributed by atoms with E-state index in [4.69, 9.17) is 11.6 Å². The maximum absolute atomic E-state index is 6.29. The van der Waals surface area contributed by atoms with Crippen LogP contribution in [0.2, 0.25) is 5.15 Å². The molecule has 0 fully saturated rings. The number of aromatic nitrogens is 3. The van der Waals surface area contributed by atoms with Crippen LogP contribution in [-0.2, 0) is 0 Å². The lowest BCUT2D eigenvalue weighted by Gasteiger charge is -2.40. The zero-order valence-corrected chi connectivity index (χ0v) is 16.2. The molecule has 0 N–H and O–H groups in total. The summed E-state index contributed by atoms with van der Waals surface area (Å²) in [4.78, 5) is 11.2. The van der Waals surface area contributed by atoms with Crippen molar-refractivity contribution in [3.8, 4) is 11.3 Å². The summed E-state index contributed by atoms with van der Waals surface area (Å²) in [5.74, 6) is 0. The fraction of sp³-hybridized carbons (Fsp3) is 0.400. The summed E-state index contributed by atoms with van der Waals surface area (Å²) in [7, 11) is 0. The zero-order chi connectivity index (χ0) is 18.2. The van der Waals surface area contributed by atoms with Crippen LogP contribution >= 0.6 is 11.6 Å². The van der Waals surface area contributed by atoms with Gasteiger partial charge in [0.1, 0.15) is 0 Å². The maximum Gasteiger partial charge on any atom is 0.174 e. The second kappa shape index (κ2) is 6.77. The second-order valence-corrected chi connectivity index (χ2v) is 7.69. The Bertz CT molecular complexity index is 879. The summed E-state index contributed by atoms with van der Waals surface area (Å²) >= 11 is 6.29. The van der Waals surface area contributed by atoms with Gasteiger partial charge in [0.2, 0.25) is 0 Å². The zero-order valence-electron chi connectivity index (χ0n) is 15.5. The molecule has 0 saturated heterocycles. The Hall–Kier alpha value is -1.91. The highest BCUT2D eigenvalue weighted by molar-refractivity contribution is 6.32. The average Bonchev–Trinajstić information content (AvgIpc) is 3.03. The van der Waals surface area contributed by atoms with Gasteiger partial charge in [0.05, 0.1) is 5.69 Å². The van der Waals surface area contributed by atoms with Gasteiger partial charge in [0.25, 0.3) is 0 Å². The third-order valence-corrected chi connectivity index (χ3v) is 4.92. The van der Waals surface area contributed by atoms with Crippen molar-refractivity contribution >= 4 is 17.2 Å². The van der Waals surface area contributed by atoms with Crippen LogP contribution in [0, 0.1) is 0 Å². The third-order valence-electron chi connectivity index (χ3n) is 4.67. The van der Waals surface area contributed by atoms with Crippen LogP contribution < -0.4 is 0 Å². The molecular formula is C20H25ClN4. The number of hydrogen-bond acceptors (Lipinski definition) is 3. The molecule has 0 unspecified atom stereocenters. The Balaban J connectivity index is 2.00. The molecule has 0 aliphatic rings. The van der Waals surface area contributed by atoms with Crippen molar-refractivity contribution in [1.29, 1.82) is 0 Å². The van der Waals surface area contributed by atoms with E-state index in [0.717, 1.165) is 17.8 Å². The van der Waals surface area contributed by atoms with Crippen molar-refractivity contribution in [2.24, 2.45) is 0 Å². The molecule has 5 heteroatoms. The van der Waals surface area contributed by atoms with Gasteiger partial charge >= 0.3 is 0 Å². The van der Waals surface area contributed by atoms with E-state index in [0.29, 0.717) is 16.8 Å². The van der Waals surface area contributed by atoms with Gasteiger partial charge in [-0.3, -0.25) is 4.90 Å². The largest absolute Gasteiger partial charge is 0.302 e. The van der Waals surface area contributed by atoms with Gasteiger partial charge in [-0.1, -0.05) is 36.7 Å². The summed E-state index contributed by atoms with van der Waals surface area (Å²) in [6.45, 7) is 12.2. The first-order valence-electron chi connectivity index (χ1n) is 8.67. The minimum atomic E-state index is 0.113. The predicted octanol–water partition coefficient (Wildman–Crippen LogP) is 5.23. The number of imidazole rings is 1. The predicted molar refractivity (Wildman–Crippen MR) is 104 cm³/mol. The molecule has 0 radical (unpaired) electrons. The van der Waals surface area contributed by atoms with E-state index in [1.807, 2.05) is 16.8 Å². The van der Waals surface area contributed by atoms with Crippen molar-refractivity contribution in [3.63, 3.8) is 0 Å². The Labute approximate surface area is 154 Å². The first kappa shape index (κ1) is 17.9. The quantitative estimate of drug-likeness (QED) is 0.641. The molecule has 4 nitrogen and oxygen atoms in total. The van der Waals surface area contributed by atoms with Gasteiger partial charge in [-0.25, -0.2) is 9.97 Å². The van der Waals surface area contributed by atoms with E-state index in [9.17, 15) is 0 Å². The number of hydrogen-bond donors (Lipinski definition) is 0. The standard InChI is InChI=1S/C20H25ClN4/c1-6-25(20(3,4)5)14(2)15-8-7-9-16(12-15)17-13-24-11-10-22-19(24)18(21)23-17/h7-14H,6H2,1-5H3/t14-/m1/s1. The van der Waals surface area contributed by atoms with E-state index >= 15 is 0 Å². The summed E-state index contributed by atoms with van der Waals surface area (Å²) < 4.78 is 1.91. The first-order chi connectivity index (χ1) is 11.8. The Kier molecular flexibility index (Phi) is 4.85. The summed E-state index contributed by atoms with van der Waals surface area (Å²) in [5, 5.41) is 0.422. The normalized spacial score (nSPS) is 13.6. The van der Waals surface area contributed by atoms with Gasteiger partial charge in [-0.05, 0) is 45.9 Å². The summed E-state index contributed by atoms with van der Waals surface area (Å²) in [6, 6.07) is 8.87. The van der Waals surface area contributed by atoms with Crippen LogP contribution in [0.1, 0.15) is 46.2 Å². The number of halogens is 1. The molecule has 3 aromatic rings. The van der Waals surface area contributed by atoms with Crippen LogP contribution in [0.5, 0.6) is 0 Å². The molecular weight excluding hydrogens is 332 g/mol. The SMILES string of the molecule is CCN([C@H](C)c1cccc(-c2cn3ccnc3c(Cl)n2)c1)C(C)(C)C. The van der Waals surface area contributed by atoms with Gasteiger partial charge in [-0.15, -0.1) is 0 Å². The van der Waals surface area contributed by atoms with Crippen molar-refractivity contribution < 1.29 is 0 Å². The molecule has 2 aromatic heterocycles. The van der Waals surface area contributed by atoms with Crippen LogP contribution in [0.15, 0.2) is 42.9 Å². The lowest BCUT2D eigenvalue weighted by molar-refractivity contribution is 0.0975. The van der Waals surface area contributed by atoms with Gasteiger partial charge in [-0.2, -0.15) is 0 Å². The highest BCUT2D eigenvalue weighted by Crippen LogP contribution is 2.30. The minimum Gasteiger partial charge on any atom is -0.302 e. The van der Waals surface area contributed by atoms with E-state index in [2.05, 4.69) is 73.8 Å².